The molecular weight excluding hydrogens is 382 g/mol. The summed E-state index contributed by atoms with van der Waals surface area (Å²) in [4.78, 5) is 18.0. The van der Waals surface area contributed by atoms with Crippen molar-refractivity contribution in [2.24, 2.45) is 0 Å². The van der Waals surface area contributed by atoms with Crippen LogP contribution in [0.1, 0.15) is 93.0 Å². The fourth-order valence-corrected chi connectivity index (χ4v) is 7.01. The maximum atomic E-state index is 13.3. The summed E-state index contributed by atoms with van der Waals surface area (Å²) in [5, 5.41) is 1.49. The van der Waals surface area contributed by atoms with Crippen LogP contribution in [-0.4, -0.2) is 46.5 Å². The highest BCUT2D eigenvalue weighted by Gasteiger charge is 2.37. The van der Waals surface area contributed by atoms with Gasteiger partial charge in [0, 0.05) is 29.7 Å². The number of hydrogen-bond donors (Lipinski definition) is 0. The number of fused-ring (bicyclic) bond motifs is 3. The standard InChI is InChI=1S/C27H37N3O/c31-26(19-28-14-5-2-6-15-28)29-16-17-30-24-13-12-21(20-8-3-1-4-9-20)18-23(24)22-10-7-11-25(29)27(22)30/h12-13,18,20,25H,1-11,14-17,19H2/t25-/m1/s1. The molecule has 1 saturated carbocycles. The van der Waals surface area contributed by atoms with E-state index in [1.54, 1.807) is 11.1 Å². The molecule has 0 spiro atoms. The number of piperidine rings is 1. The van der Waals surface area contributed by atoms with Gasteiger partial charge in [0.1, 0.15) is 0 Å². The van der Waals surface area contributed by atoms with Crippen LogP contribution in [-0.2, 0) is 17.8 Å². The third-order valence-electron chi connectivity index (χ3n) is 8.60. The summed E-state index contributed by atoms with van der Waals surface area (Å²) in [5.41, 5.74) is 6.01. The van der Waals surface area contributed by atoms with Crippen LogP contribution in [0.2, 0.25) is 0 Å². The first-order valence-electron chi connectivity index (χ1n) is 13.0. The highest BCUT2D eigenvalue weighted by atomic mass is 16.2. The first-order valence-corrected chi connectivity index (χ1v) is 13.0. The maximum absolute atomic E-state index is 13.3. The van der Waals surface area contributed by atoms with Gasteiger partial charge >= 0.3 is 0 Å². The molecule has 2 fully saturated rings. The van der Waals surface area contributed by atoms with E-state index in [0.29, 0.717) is 18.5 Å². The number of likely N-dealkylation sites (tertiary alicyclic amines) is 1. The van der Waals surface area contributed by atoms with Crippen molar-refractivity contribution in [2.75, 3.05) is 26.2 Å². The first-order chi connectivity index (χ1) is 15.3. The molecule has 1 amide bonds. The van der Waals surface area contributed by atoms with Crippen molar-refractivity contribution in [3.05, 3.63) is 35.0 Å². The Balaban J connectivity index is 1.31. The SMILES string of the molecule is O=C(CN1CCCCC1)N1CCn2c3c(c4cc(C5CCCCC5)ccc42)CCC[C@H]31. The van der Waals surface area contributed by atoms with Crippen LogP contribution in [0.4, 0.5) is 0 Å². The third kappa shape index (κ3) is 3.51. The smallest absolute Gasteiger partial charge is 0.237 e. The van der Waals surface area contributed by atoms with E-state index in [1.165, 1.54) is 80.8 Å². The van der Waals surface area contributed by atoms with Gasteiger partial charge in [0.2, 0.25) is 5.91 Å². The quantitative estimate of drug-likeness (QED) is 0.667. The minimum atomic E-state index is 0.292. The lowest BCUT2D eigenvalue weighted by Crippen LogP contribution is -2.48. The number of hydrogen-bond acceptors (Lipinski definition) is 2. The molecule has 2 aromatic rings. The van der Waals surface area contributed by atoms with Gasteiger partial charge in [-0.1, -0.05) is 31.7 Å². The number of amides is 1. The van der Waals surface area contributed by atoms with Gasteiger partial charge in [0.05, 0.1) is 12.6 Å². The first kappa shape index (κ1) is 19.8. The van der Waals surface area contributed by atoms with Crippen molar-refractivity contribution in [1.82, 2.24) is 14.4 Å². The van der Waals surface area contributed by atoms with E-state index >= 15 is 0 Å². The number of nitrogens with zero attached hydrogens (tertiary/aromatic N) is 3. The molecule has 6 rings (SSSR count). The Morgan fingerprint density at radius 2 is 1.68 bits per heavy atom. The van der Waals surface area contributed by atoms with Crippen molar-refractivity contribution >= 4 is 16.8 Å². The Bertz CT molecular complexity index is 965. The van der Waals surface area contributed by atoms with Crippen LogP contribution >= 0.6 is 0 Å². The summed E-state index contributed by atoms with van der Waals surface area (Å²) in [6.45, 7) is 4.64. The number of carbonyl (C=O) groups is 1. The molecule has 4 nitrogen and oxygen atoms in total. The Morgan fingerprint density at radius 3 is 2.52 bits per heavy atom. The molecule has 3 heterocycles. The highest BCUT2D eigenvalue weighted by molar-refractivity contribution is 5.88. The molecular formula is C27H37N3O. The summed E-state index contributed by atoms with van der Waals surface area (Å²) < 4.78 is 2.57. The molecule has 1 saturated heterocycles. The molecule has 2 aliphatic heterocycles. The molecule has 1 aromatic heterocycles. The van der Waals surface area contributed by atoms with Gasteiger partial charge in [0.25, 0.3) is 0 Å². The lowest BCUT2D eigenvalue weighted by atomic mass is 9.83. The fourth-order valence-electron chi connectivity index (χ4n) is 7.01. The molecule has 2 aliphatic carbocycles. The summed E-state index contributed by atoms with van der Waals surface area (Å²) in [5.74, 6) is 1.11. The molecule has 0 N–H and O–H groups in total. The van der Waals surface area contributed by atoms with Gasteiger partial charge in [-0.15, -0.1) is 0 Å². The third-order valence-corrected chi connectivity index (χ3v) is 8.60. The van der Waals surface area contributed by atoms with Crippen molar-refractivity contribution in [1.29, 1.82) is 0 Å². The summed E-state index contributed by atoms with van der Waals surface area (Å²) in [7, 11) is 0. The average Bonchev–Trinajstić information content (AvgIpc) is 3.15. The molecule has 0 unspecified atom stereocenters. The number of benzene rings is 1. The zero-order valence-corrected chi connectivity index (χ0v) is 19.0. The van der Waals surface area contributed by atoms with Crippen LogP contribution in [0.15, 0.2) is 18.2 Å². The van der Waals surface area contributed by atoms with Crippen LogP contribution in [0.5, 0.6) is 0 Å². The van der Waals surface area contributed by atoms with Crippen molar-refractivity contribution in [2.45, 2.75) is 89.1 Å². The number of aromatic nitrogens is 1. The molecule has 1 atom stereocenters. The van der Waals surface area contributed by atoms with Crippen molar-refractivity contribution < 1.29 is 4.79 Å². The van der Waals surface area contributed by atoms with Crippen molar-refractivity contribution in [3.8, 4) is 0 Å². The predicted molar refractivity (Wildman–Crippen MR) is 125 cm³/mol. The van der Waals surface area contributed by atoms with Gasteiger partial charge < -0.3 is 9.47 Å². The molecule has 4 aliphatic rings. The molecule has 0 radical (unpaired) electrons. The van der Waals surface area contributed by atoms with E-state index in [1.807, 2.05) is 0 Å². The van der Waals surface area contributed by atoms with E-state index in [9.17, 15) is 4.79 Å². The highest BCUT2D eigenvalue weighted by Crippen LogP contribution is 2.44. The van der Waals surface area contributed by atoms with E-state index in [2.05, 4.69) is 32.6 Å². The predicted octanol–water partition coefficient (Wildman–Crippen LogP) is 5.39. The normalized spacial score (nSPS) is 25.0. The molecule has 0 bridgehead atoms. The van der Waals surface area contributed by atoms with Crippen LogP contribution < -0.4 is 0 Å². The van der Waals surface area contributed by atoms with Gasteiger partial charge in [0.15, 0.2) is 0 Å². The second-order valence-corrected chi connectivity index (χ2v) is 10.5. The van der Waals surface area contributed by atoms with E-state index in [4.69, 9.17) is 0 Å². The number of carbonyl (C=O) groups excluding carboxylic acids is 1. The lowest BCUT2D eigenvalue weighted by Gasteiger charge is -2.41. The second-order valence-electron chi connectivity index (χ2n) is 10.5. The Kier molecular flexibility index (Phi) is 5.30. The van der Waals surface area contributed by atoms with Crippen LogP contribution in [0.25, 0.3) is 10.9 Å². The molecule has 4 heteroatoms. The fraction of sp³-hybridized carbons (Fsp3) is 0.667. The van der Waals surface area contributed by atoms with Gasteiger partial charge in [-0.2, -0.15) is 0 Å². The van der Waals surface area contributed by atoms with Crippen LogP contribution in [0, 0.1) is 0 Å². The summed E-state index contributed by atoms with van der Waals surface area (Å²) in [6.07, 6.45) is 14.2. The Hall–Kier alpha value is -1.81. The Morgan fingerprint density at radius 1 is 0.871 bits per heavy atom. The maximum Gasteiger partial charge on any atom is 0.237 e. The summed E-state index contributed by atoms with van der Waals surface area (Å²) in [6, 6.07) is 7.64. The monoisotopic (exact) mass is 419 g/mol. The van der Waals surface area contributed by atoms with Crippen molar-refractivity contribution in [3.63, 3.8) is 0 Å². The number of aryl methyl sites for hydroxylation is 1. The van der Waals surface area contributed by atoms with E-state index in [-0.39, 0.29) is 0 Å². The topological polar surface area (TPSA) is 28.5 Å². The molecule has 31 heavy (non-hydrogen) atoms. The zero-order chi connectivity index (χ0) is 20.8. The second kappa shape index (κ2) is 8.27. The minimum absolute atomic E-state index is 0.292. The largest absolute Gasteiger partial charge is 0.341 e. The summed E-state index contributed by atoms with van der Waals surface area (Å²) >= 11 is 0. The van der Waals surface area contributed by atoms with E-state index < -0.39 is 0 Å². The van der Waals surface area contributed by atoms with Crippen LogP contribution in [0.3, 0.4) is 0 Å². The molecule has 1 aromatic carbocycles. The minimum Gasteiger partial charge on any atom is -0.341 e. The average molecular weight is 420 g/mol. The molecule has 166 valence electrons. The number of rotatable bonds is 3. The zero-order valence-electron chi connectivity index (χ0n) is 19.0. The van der Waals surface area contributed by atoms with Gasteiger partial charge in [-0.25, -0.2) is 0 Å². The van der Waals surface area contributed by atoms with Gasteiger partial charge in [-0.05, 0) is 87.2 Å². The van der Waals surface area contributed by atoms with E-state index in [0.717, 1.165) is 38.5 Å². The lowest BCUT2D eigenvalue weighted by molar-refractivity contribution is -0.136. The Labute approximate surface area is 186 Å². The van der Waals surface area contributed by atoms with Gasteiger partial charge in [-0.3, -0.25) is 9.69 Å².